The summed E-state index contributed by atoms with van der Waals surface area (Å²) in [5.41, 5.74) is 6.55. The molecule has 2 unspecified atom stereocenters. The van der Waals surface area contributed by atoms with Crippen LogP contribution in [-0.4, -0.2) is 90.2 Å². The molecule has 2 aliphatic heterocycles. The van der Waals surface area contributed by atoms with Gasteiger partial charge in [0.05, 0.1) is 22.1 Å². The standard InChI is InChI=1S/C28H28ClN7O6S/c29-20-17(4-3-5-18(20)25(38)39)24(37)36-27(43-14-15-6-8-16(9-7-15)22(30)31)32-23(33-36)19-10-13-35(21(19)26(40)41)28(42)34-11-1-2-12-34/h3-9,19,21H,1-2,10-14H2,(H3,30,31)(H,38,39)(H,40,41). The van der Waals surface area contributed by atoms with E-state index in [2.05, 4.69) is 10.1 Å². The highest BCUT2D eigenvalue weighted by Crippen LogP contribution is 2.35. The minimum Gasteiger partial charge on any atom is -0.480 e. The molecule has 2 atom stereocenters. The Morgan fingerprint density at radius 2 is 1.70 bits per heavy atom. The van der Waals surface area contributed by atoms with E-state index < -0.39 is 29.8 Å². The van der Waals surface area contributed by atoms with Crippen molar-refractivity contribution in [1.82, 2.24) is 24.6 Å². The largest absolute Gasteiger partial charge is 0.480 e. The van der Waals surface area contributed by atoms with Crippen molar-refractivity contribution in [3.63, 3.8) is 0 Å². The highest BCUT2D eigenvalue weighted by molar-refractivity contribution is 7.98. The van der Waals surface area contributed by atoms with Gasteiger partial charge < -0.3 is 25.7 Å². The molecule has 0 radical (unpaired) electrons. The molecule has 13 nitrogen and oxygen atoms in total. The van der Waals surface area contributed by atoms with Crippen molar-refractivity contribution >= 4 is 53.1 Å². The van der Waals surface area contributed by atoms with Gasteiger partial charge in [-0.2, -0.15) is 4.68 Å². The number of hydrogen-bond donors (Lipinski definition) is 4. The van der Waals surface area contributed by atoms with Gasteiger partial charge in [-0.25, -0.2) is 19.4 Å². The number of benzene rings is 2. The van der Waals surface area contributed by atoms with E-state index in [1.165, 1.54) is 23.1 Å². The van der Waals surface area contributed by atoms with Crippen LogP contribution in [0.2, 0.25) is 5.02 Å². The lowest BCUT2D eigenvalue weighted by Crippen LogP contribution is -2.48. The van der Waals surface area contributed by atoms with Crippen LogP contribution in [0.1, 0.15) is 62.8 Å². The Kier molecular flexibility index (Phi) is 8.69. The second kappa shape index (κ2) is 12.4. The first kappa shape index (κ1) is 30.0. The van der Waals surface area contributed by atoms with Gasteiger partial charge in [0.1, 0.15) is 11.9 Å². The van der Waals surface area contributed by atoms with E-state index in [1.807, 2.05) is 0 Å². The second-order valence-electron chi connectivity index (χ2n) is 10.2. The zero-order valence-electron chi connectivity index (χ0n) is 22.8. The number of nitrogens with two attached hydrogens (primary N) is 1. The predicted molar refractivity (Wildman–Crippen MR) is 157 cm³/mol. The Balaban J connectivity index is 1.50. The summed E-state index contributed by atoms with van der Waals surface area (Å²) in [5.74, 6) is -3.69. The van der Waals surface area contributed by atoms with E-state index in [-0.39, 0.29) is 52.0 Å². The number of carboxylic acid groups (broad SMARTS) is 2. The molecular formula is C28H28ClN7O6S. The van der Waals surface area contributed by atoms with Crippen LogP contribution < -0.4 is 5.73 Å². The Morgan fingerprint density at radius 3 is 2.33 bits per heavy atom. The number of nitrogens with one attached hydrogen (secondary N) is 1. The van der Waals surface area contributed by atoms with Crippen LogP contribution in [0.25, 0.3) is 0 Å². The molecule has 2 fully saturated rings. The molecule has 224 valence electrons. The number of rotatable bonds is 8. The molecule has 5 N–H and O–H groups in total. The number of hydrogen-bond acceptors (Lipinski definition) is 8. The van der Waals surface area contributed by atoms with Crippen LogP contribution in [0.4, 0.5) is 4.79 Å². The van der Waals surface area contributed by atoms with Gasteiger partial charge >= 0.3 is 18.0 Å². The zero-order chi connectivity index (χ0) is 30.8. The Hall–Kier alpha value is -4.43. The summed E-state index contributed by atoms with van der Waals surface area (Å²) >= 11 is 7.46. The number of amidine groups is 1. The van der Waals surface area contributed by atoms with Gasteiger partial charge in [-0.15, -0.1) is 5.10 Å². The maximum Gasteiger partial charge on any atom is 0.337 e. The minimum absolute atomic E-state index is 0.0727. The van der Waals surface area contributed by atoms with Crippen molar-refractivity contribution in [1.29, 1.82) is 5.41 Å². The van der Waals surface area contributed by atoms with Crippen LogP contribution in [0, 0.1) is 5.41 Å². The van der Waals surface area contributed by atoms with E-state index in [9.17, 15) is 29.4 Å². The molecule has 0 saturated carbocycles. The number of nitrogens with zero attached hydrogens (tertiary/aromatic N) is 5. The van der Waals surface area contributed by atoms with Gasteiger partial charge in [-0.3, -0.25) is 10.2 Å². The normalized spacial score (nSPS) is 18.2. The molecule has 5 rings (SSSR count). The first-order valence-corrected chi connectivity index (χ1v) is 14.8. The highest BCUT2D eigenvalue weighted by Gasteiger charge is 2.46. The summed E-state index contributed by atoms with van der Waals surface area (Å²) in [5, 5.41) is 31.5. The lowest BCUT2D eigenvalue weighted by molar-refractivity contribution is -0.141. The molecule has 3 aromatic rings. The molecular weight excluding hydrogens is 598 g/mol. The van der Waals surface area contributed by atoms with Crippen LogP contribution in [-0.2, 0) is 10.5 Å². The number of thioether (sulfide) groups is 1. The van der Waals surface area contributed by atoms with Crippen LogP contribution in [0.5, 0.6) is 0 Å². The molecule has 2 saturated heterocycles. The molecule has 43 heavy (non-hydrogen) atoms. The number of carbonyl (C=O) groups is 4. The number of carboxylic acids is 2. The van der Waals surface area contributed by atoms with Crippen LogP contribution in [0.15, 0.2) is 47.6 Å². The van der Waals surface area contributed by atoms with Gasteiger partial charge in [0, 0.05) is 31.0 Å². The third-order valence-corrected chi connectivity index (χ3v) is 8.89. The minimum atomic E-state index is -1.31. The number of likely N-dealkylation sites (tertiary alicyclic amines) is 2. The van der Waals surface area contributed by atoms with Crippen molar-refractivity contribution in [2.45, 2.75) is 42.1 Å². The zero-order valence-corrected chi connectivity index (χ0v) is 24.3. The van der Waals surface area contributed by atoms with Gasteiger partial charge in [0.2, 0.25) is 0 Å². The summed E-state index contributed by atoms with van der Waals surface area (Å²) < 4.78 is 1.00. The van der Waals surface area contributed by atoms with E-state index in [0.717, 1.165) is 34.8 Å². The number of aromatic carboxylic acids is 1. The van der Waals surface area contributed by atoms with E-state index in [0.29, 0.717) is 24.4 Å². The number of carbonyl (C=O) groups excluding carboxylic acids is 2. The van der Waals surface area contributed by atoms with Crippen molar-refractivity contribution in [3.8, 4) is 0 Å². The van der Waals surface area contributed by atoms with E-state index in [4.69, 9.17) is 22.7 Å². The van der Waals surface area contributed by atoms with Crippen molar-refractivity contribution in [3.05, 3.63) is 75.6 Å². The summed E-state index contributed by atoms with van der Waals surface area (Å²) in [6.45, 7) is 1.33. The van der Waals surface area contributed by atoms with Crippen molar-refractivity contribution in [2.24, 2.45) is 5.73 Å². The van der Waals surface area contributed by atoms with Gasteiger partial charge in [-0.05, 0) is 37.0 Å². The van der Waals surface area contributed by atoms with Gasteiger partial charge in [0.15, 0.2) is 11.0 Å². The number of urea groups is 1. The maximum atomic E-state index is 13.7. The predicted octanol–water partition coefficient (Wildman–Crippen LogP) is 3.35. The van der Waals surface area contributed by atoms with Crippen molar-refractivity contribution < 1.29 is 29.4 Å². The summed E-state index contributed by atoms with van der Waals surface area (Å²) in [6, 6.07) is 9.41. The number of aliphatic carboxylic acids is 1. The fourth-order valence-electron chi connectivity index (χ4n) is 5.27. The molecule has 2 aliphatic rings. The Labute approximate surface area is 255 Å². The fraction of sp³-hybridized carbons (Fsp3) is 0.321. The first-order valence-electron chi connectivity index (χ1n) is 13.4. The molecule has 0 spiro atoms. The molecule has 2 aromatic carbocycles. The highest BCUT2D eigenvalue weighted by atomic mass is 35.5. The monoisotopic (exact) mass is 625 g/mol. The van der Waals surface area contributed by atoms with Gasteiger partial charge in [0.25, 0.3) is 5.91 Å². The summed E-state index contributed by atoms with van der Waals surface area (Å²) in [6.07, 6.45) is 2.00. The van der Waals surface area contributed by atoms with Gasteiger partial charge in [-0.1, -0.05) is 53.7 Å². The average Bonchev–Trinajstić information content (AvgIpc) is 3.75. The number of nitrogen functional groups attached to an aromatic ring is 1. The van der Waals surface area contributed by atoms with E-state index in [1.54, 1.807) is 29.2 Å². The number of aromatic nitrogens is 3. The molecule has 2 amide bonds. The number of amides is 2. The van der Waals surface area contributed by atoms with E-state index >= 15 is 0 Å². The number of halogens is 1. The Bertz CT molecular complexity index is 1610. The lowest BCUT2D eigenvalue weighted by atomic mass is 10.00. The SMILES string of the molecule is N=C(N)c1ccc(CSc2nc(C3CCN(C(=O)N4CCCC4)C3C(=O)O)nn2C(=O)c2cccc(C(=O)O)c2Cl)cc1. The third-order valence-electron chi connectivity index (χ3n) is 7.48. The Morgan fingerprint density at radius 1 is 1.02 bits per heavy atom. The lowest BCUT2D eigenvalue weighted by Gasteiger charge is -2.28. The first-order chi connectivity index (χ1) is 20.6. The molecule has 15 heteroatoms. The molecule has 0 aliphatic carbocycles. The third kappa shape index (κ3) is 6.06. The maximum absolute atomic E-state index is 13.7. The fourth-order valence-corrected chi connectivity index (χ4v) is 6.45. The average molecular weight is 626 g/mol. The quantitative estimate of drug-likeness (QED) is 0.164. The molecule has 0 bridgehead atoms. The van der Waals surface area contributed by atoms with Crippen molar-refractivity contribution in [2.75, 3.05) is 19.6 Å². The second-order valence-corrected chi connectivity index (χ2v) is 11.5. The summed E-state index contributed by atoms with van der Waals surface area (Å²) in [7, 11) is 0. The molecule has 3 heterocycles. The van der Waals surface area contributed by atoms with Crippen LogP contribution in [0.3, 0.4) is 0 Å². The van der Waals surface area contributed by atoms with Crippen LogP contribution >= 0.6 is 23.4 Å². The topological polar surface area (TPSA) is 196 Å². The smallest absolute Gasteiger partial charge is 0.337 e. The summed E-state index contributed by atoms with van der Waals surface area (Å²) in [4.78, 5) is 58.5. The molecule has 1 aromatic heterocycles.